The minimum atomic E-state index is 0.365. The van der Waals surface area contributed by atoms with Crippen LogP contribution in [0.1, 0.15) is 124 Å². The Morgan fingerprint density at radius 3 is 1.43 bits per heavy atom. The van der Waals surface area contributed by atoms with Crippen LogP contribution in [0.3, 0.4) is 0 Å². The average molecular weight is 499 g/mol. The predicted octanol–water partition coefficient (Wildman–Crippen LogP) is 9.89. The van der Waals surface area contributed by atoms with Gasteiger partial charge in [-0.05, 0) is 101 Å². The van der Waals surface area contributed by atoms with E-state index >= 15 is 0 Å². The van der Waals surface area contributed by atoms with E-state index in [9.17, 15) is 5.11 Å². The van der Waals surface area contributed by atoms with Crippen molar-refractivity contribution < 1.29 is 5.11 Å². The quantitative estimate of drug-likeness (QED) is 0.234. The molecule has 0 spiro atoms. The van der Waals surface area contributed by atoms with Gasteiger partial charge in [0.25, 0.3) is 0 Å². The highest BCUT2D eigenvalue weighted by Crippen LogP contribution is 2.35. The van der Waals surface area contributed by atoms with Gasteiger partial charge in [-0.1, -0.05) is 116 Å². The number of benzene rings is 3. The van der Waals surface area contributed by atoms with Crippen molar-refractivity contribution in [2.24, 2.45) is 0 Å². The second-order valence-corrected chi connectivity index (χ2v) is 11.1. The van der Waals surface area contributed by atoms with Gasteiger partial charge in [-0.3, -0.25) is 0 Å². The molecule has 0 aliphatic rings. The molecule has 0 bridgehead atoms. The summed E-state index contributed by atoms with van der Waals surface area (Å²) in [6.45, 7) is 13.8. The summed E-state index contributed by atoms with van der Waals surface area (Å²) in [5.41, 5.74) is 11.5. The standard InChI is InChI=1S/C36H50O/c1-7-14-28-18-11-21-31(33(28)16-9-3)26(5)24-30-20-13-23-36(37)35(30)25-27(6)32-22-12-19-29(15-8-2)34(32)17-10-4/h11-13,18-23,26-27,37H,7-10,14-17,24-25H2,1-6H3. The van der Waals surface area contributed by atoms with Gasteiger partial charge < -0.3 is 5.11 Å². The Bertz CT molecular complexity index is 1130. The Hall–Kier alpha value is -2.54. The molecule has 0 heterocycles. The first-order valence-corrected chi connectivity index (χ1v) is 15.0. The maximum atomic E-state index is 11.0. The summed E-state index contributed by atoms with van der Waals surface area (Å²) in [6.07, 6.45) is 11.1. The molecule has 0 saturated heterocycles. The van der Waals surface area contributed by atoms with Crippen molar-refractivity contribution in [1.29, 1.82) is 0 Å². The number of phenols is 1. The molecule has 37 heavy (non-hydrogen) atoms. The summed E-state index contributed by atoms with van der Waals surface area (Å²) in [4.78, 5) is 0. The molecule has 1 nitrogen and oxygen atoms in total. The second kappa shape index (κ2) is 14.4. The number of hydrogen-bond donors (Lipinski definition) is 1. The Morgan fingerprint density at radius 1 is 0.514 bits per heavy atom. The summed E-state index contributed by atoms with van der Waals surface area (Å²) in [5, 5.41) is 11.0. The summed E-state index contributed by atoms with van der Waals surface area (Å²) >= 11 is 0. The van der Waals surface area contributed by atoms with Crippen LogP contribution in [0.4, 0.5) is 0 Å². The third-order valence-corrected chi connectivity index (χ3v) is 8.00. The molecular formula is C36H50O. The minimum absolute atomic E-state index is 0.365. The highest BCUT2D eigenvalue weighted by atomic mass is 16.3. The van der Waals surface area contributed by atoms with E-state index in [0.29, 0.717) is 17.6 Å². The van der Waals surface area contributed by atoms with E-state index in [-0.39, 0.29) is 0 Å². The lowest BCUT2D eigenvalue weighted by molar-refractivity contribution is 0.464. The summed E-state index contributed by atoms with van der Waals surface area (Å²) in [7, 11) is 0. The molecule has 2 atom stereocenters. The van der Waals surface area contributed by atoms with E-state index in [2.05, 4.69) is 84.0 Å². The van der Waals surface area contributed by atoms with Crippen molar-refractivity contribution in [1.82, 2.24) is 0 Å². The second-order valence-electron chi connectivity index (χ2n) is 11.1. The molecule has 3 aromatic carbocycles. The normalized spacial score (nSPS) is 13.0. The maximum absolute atomic E-state index is 11.0. The van der Waals surface area contributed by atoms with Gasteiger partial charge >= 0.3 is 0 Å². The molecule has 0 aliphatic heterocycles. The molecule has 0 saturated carbocycles. The van der Waals surface area contributed by atoms with Crippen LogP contribution in [-0.2, 0) is 38.5 Å². The highest BCUT2D eigenvalue weighted by Gasteiger charge is 2.20. The SMILES string of the molecule is CCCc1cccc(C(C)Cc2cccc(O)c2CC(C)c2cccc(CCC)c2CCC)c1CCC. The molecule has 3 rings (SSSR count). The molecule has 1 heteroatoms. The van der Waals surface area contributed by atoms with Crippen LogP contribution in [0.2, 0.25) is 0 Å². The largest absolute Gasteiger partial charge is 0.508 e. The third-order valence-electron chi connectivity index (χ3n) is 8.00. The van der Waals surface area contributed by atoms with Crippen LogP contribution in [0, 0.1) is 0 Å². The molecular weight excluding hydrogens is 448 g/mol. The fraction of sp³-hybridized carbons (Fsp3) is 0.500. The lowest BCUT2D eigenvalue weighted by atomic mass is 9.81. The Kier molecular flexibility index (Phi) is 11.3. The van der Waals surface area contributed by atoms with Crippen molar-refractivity contribution in [3.63, 3.8) is 0 Å². The molecule has 3 aromatic rings. The van der Waals surface area contributed by atoms with E-state index < -0.39 is 0 Å². The number of rotatable bonds is 14. The lowest BCUT2D eigenvalue weighted by Crippen LogP contribution is -2.10. The Labute approximate surface area is 227 Å². The summed E-state index contributed by atoms with van der Waals surface area (Å²) in [5.74, 6) is 1.23. The molecule has 0 aromatic heterocycles. The van der Waals surface area contributed by atoms with Crippen molar-refractivity contribution in [3.8, 4) is 5.75 Å². The first-order valence-electron chi connectivity index (χ1n) is 15.0. The Morgan fingerprint density at radius 2 is 0.946 bits per heavy atom. The van der Waals surface area contributed by atoms with Gasteiger partial charge in [-0.15, -0.1) is 0 Å². The average Bonchev–Trinajstić information content (AvgIpc) is 2.88. The van der Waals surface area contributed by atoms with Gasteiger partial charge in [0.2, 0.25) is 0 Å². The van der Waals surface area contributed by atoms with Gasteiger partial charge in [0, 0.05) is 0 Å². The van der Waals surface area contributed by atoms with Crippen LogP contribution in [0.25, 0.3) is 0 Å². The summed E-state index contributed by atoms with van der Waals surface area (Å²) in [6, 6.07) is 19.9. The van der Waals surface area contributed by atoms with Gasteiger partial charge in [0.1, 0.15) is 5.75 Å². The van der Waals surface area contributed by atoms with Crippen molar-refractivity contribution >= 4 is 0 Å². The molecule has 0 aliphatic carbocycles. The van der Waals surface area contributed by atoms with E-state index in [1.165, 1.54) is 47.1 Å². The maximum Gasteiger partial charge on any atom is 0.119 e. The summed E-state index contributed by atoms with van der Waals surface area (Å²) < 4.78 is 0. The lowest BCUT2D eigenvalue weighted by Gasteiger charge is -2.23. The van der Waals surface area contributed by atoms with E-state index in [0.717, 1.165) is 50.5 Å². The van der Waals surface area contributed by atoms with Gasteiger partial charge in [-0.2, -0.15) is 0 Å². The molecule has 200 valence electrons. The first kappa shape index (κ1) is 29.0. The van der Waals surface area contributed by atoms with Crippen molar-refractivity contribution in [2.75, 3.05) is 0 Å². The van der Waals surface area contributed by atoms with E-state index in [1.54, 1.807) is 11.1 Å². The first-order chi connectivity index (χ1) is 17.9. The Balaban J connectivity index is 1.92. The molecule has 0 amide bonds. The fourth-order valence-corrected chi connectivity index (χ4v) is 6.25. The zero-order valence-corrected chi connectivity index (χ0v) is 24.4. The van der Waals surface area contributed by atoms with Crippen LogP contribution in [-0.4, -0.2) is 5.11 Å². The topological polar surface area (TPSA) is 20.2 Å². The van der Waals surface area contributed by atoms with E-state index in [4.69, 9.17) is 0 Å². The smallest absolute Gasteiger partial charge is 0.119 e. The zero-order chi connectivity index (χ0) is 26.8. The number of phenolic OH excluding ortho intramolecular Hbond substituents is 1. The fourth-order valence-electron chi connectivity index (χ4n) is 6.25. The van der Waals surface area contributed by atoms with Crippen LogP contribution < -0.4 is 0 Å². The number of aromatic hydroxyl groups is 1. The minimum Gasteiger partial charge on any atom is -0.508 e. The molecule has 0 radical (unpaired) electrons. The van der Waals surface area contributed by atoms with Gasteiger partial charge in [0.05, 0.1) is 0 Å². The van der Waals surface area contributed by atoms with Crippen molar-refractivity contribution in [3.05, 3.63) is 99.1 Å². The van der Waals surface area contributed by atoms with Crippen LogP contribution in [0.15, 0.2) is 54.6 Å². The van der Waals surface area contributed by atoms with Crippen molar-refractivity contribution in [2.45, 2.75) is 118 Å². The molecule has 1 N–H and O–H groups in total. The predicted molar refractivity (Wildman–Crippen MR) is 161 cm³/mol. The van der Waals surface area contributed by atoms with E-state index in [1.807, 2.05) is 12.1 Å². The highest BCUT2D eigenvalue weighted by molar-refractivity contribution is 5.45. The third kappa shape index (κ3) is 7.28. The van der Waals surface area contributed by atoms with Gasteiger partial charge in [0.15, 0.2) is 0 Å². The van der Waals surface area contributed by atoms with Crippen LogP contribution in [0.5, 0.6) is 5.75 Å². The van der Waals surface area contributed by atoms with Gasteiger partial charge in [-0.25, -0.2) is 0 Å². The monoisotopic (exact) mass is 498 g/mol. The zero-order valence-electron chi connectivity index (χ0n) is 24.4. The molecule has 0 fully saturated rings. The van der Waals surface area contributed by atoms with Crippen LogP contribution >= 0.6 is 0 Å². The molecule has 2 unspecified atom stereocenters. The number of aryl methyl sites for hydroxylation is 2. The number of hydrogen-bond acceptors (Lipinski definition) is 1.